The molecule has 1 aliphatic rings. The summed E-state index contributed by atoms with van der Waals surface area (Å²) in [6, 6.07) is 0. The topological polar surface area (TPSA) is 49.7 Å². The Morgan fingerprint density at radius 2 is 2.40 bits per heavy atom. The van der Waals surface area contributed by atoms with Crippen molar-refractivity contribution in [3.8, 4) is 0 Å². The first-order valence-electron chi connectivity index (χ1n) is 3.61. The Morgan fingerprint density at radius 3 is 2.80 bits per heavy atom. The Kier molecular flexibility index (Phi) is 2.28. The van der Waals surface area contributed by atoms with Crippen molar-refractivity contribution in [3.05, 3.63) is 0 Å². The Morgan fingerprint density at radius 1 is 1.70 bits per heavy atom. The first-order chi connectivity index (χ1) is 4.66. The lowest BCUT2D eigenvalue weighted by Gasteiger charge is -2.33. The van der Waals surface area contributed by atoms with Gasteiger partial charge in [-0.05, 0) is 6.92 Å². The second-order valence-corrected chi connectivity index (χ2v) is 3.02. The van der Waals surface area contributed by atoms with Crippen LogP contribution in [0.5, 0.6) is 0 Å². The van der Waals surface area contributed by atoms with Crippen LogP contribution in [0.15, 0.2) is 0 Å². The lowest BCUT2D eigenvalue weighted by molar-refractivity contribution is -0.118. The summed E-state index contributed by atoms with van der Waals surface area (Å²) in [5.74, 6) is 0. The molecule has 10 heavy (non-hydrogen) atoms. The molecule has 2 atom stereocenters. The van der Waals surface area contributed by atoms with E-state index in [1.54, 1.807) is 0 Å². The van der Waals surface area contributed by atoms with Gasteiger partial charge in [0, 0.05) is 19.4 Å². The largest absolute Gasteiger partial charge is 0.393 e. The van der Waals surface area contributed by atoms with E-state index >= 15 is 0 Å². The highest BCUT2D eigenvalue weighted by Gasteiger charge is 2.32. The summed E-state index contributed by atoms with van der Waals surface area (Å²) in [5.41, 5.74) is -0.877. The van der Waals surface area contributed by atoms with Crippen LogP contribution in [0.4, 0.5) is 0 Å². The minimum Gasteiger partial charge on any atom is -0.393 e. The number of rotatable bonds is 1. The predicted octanol–water partition coefficient (Wildman–Crippen LogP) is -0.0913. The predicted molar refractivity (Wildman–Crippen MR) is 36.7 cm³/mol. The maximum absolute atomic E-state index is 9.52. The average Bonchev–Trinajstić information content (AvgIpc) is 1.88. The van der Waals surface area contributed by atoms with Gasteiger partial charge in [-0.2, -0.15) is 0 Å². The van der Waals surface area contributed by atoms with Gasteiger partial charge in [0.1, 0.15) is 0 Å². The van der Waals surface area contributed by atoms with Crippen LogP contribution in [0.2, 0.25) is 0 Å². The SMILES string of the molecule is CC1CC(O)(CO)CCO1. The molecule has 0 radical (unpaired) electrons. The van der Waals surface area contributed by atoms with Gasteiger partial charge in [0.2, 0.25) is 0 Å². The third-order valence-corrected chi connectivity index (χ3v) is 1.93. The zero-order chi connectivity index (χ0) is 7.61. The van der Waals surface area contributed by atoms with Crippen LogP contribution in [0.3, 0.4) is 0 Å². The molecule has 0 aromatic rings. The summed E-state index contributed by atoms with van der Waals surface area (Å²) >= 11 is 0. The van der Waals surface area contributed by atoms with Crippen molar-refractivity contribution in [2.75, 3.05) is 13.2 Å². The van der Waals surface area contributed by atoms with Gasteiger partial charge in [0.25, 0.3) is 0 Å². The van der Waals surface area contributed by atoms with E-state index in [0.29, 0.717) is 19.4 Å². The van der Waals surface area contributed by atoms with E-state index in [1.807, 2.05) is 6.92 Å². The fourth-order valence-electron chi connectivity index (χ4n) is 1.29. The standard InChI is InChI=1S/C7H14O3/c1-6-4-7(9,5-8)2-3-10-6/h6,8-9H,2-5H2,1H3. The van der Waals surface area contributed by atoms with E-state index in [2.05, 4.69) is 0 Å². The highest BCUT2D eigenvalue weighted by molar-refractivity contribution is 4.83. The van der Waals surface area contributed by atoms with Crippen molar-refractivity contribution in [1.82, 2.24) is 0 Å². The van der Waals surface area contributed by atoms with E-state index in [9.17, 15) is 5.11 Å². The molecule has 0 aromatic carbocycles. The lowest BCUT2D eigenvalue weighted by Crippen LogP contribution is -2.42. The summed E-state index contributed by atoms with van der Waals surface area (Å²) < 4.78 is 5.20. The fraction of sp³-hybridized carbons (Fsp3) is 1.00. The number of aliphatic hydroxyl groups excluding tert-OH is 1. The molecule has 1 fully saturated rings. The second-order valence-electron chi connectivity index (χ2n) is 3.02. The van der Waals surface area contributed by atoms with Gasteiger partial charge in [-0.25, -0.2) is 0 Å². The molecule has 0 aliphatic carbocycles. The lowest BCUT2D eigenvalue weighted by atomic mass is 9.92. The quantitative estimate of drug-likeness (QED) is 0.543. The van der Waals surface area contributed by atoms with E-state index in [-0.39, 0.29) is 12.7 Å². The van der Waals surface area contributed by atoms with Gasteiger partial charge >= 0.3 is 0 Å². The monoisotopic (exact) mass is 146 g/mol. The molecule has 0 spiro atoms. The summed E-state index contributed by atoms with van der Waals surface area (Å²) in [4.78, 5) is 0. The maximum atomic E-state index is 9.52. The molecule has 2 unspecified atom stereocenters. The Bertz CT molecular complexity index is 115. The molecule has 60 valence electrons. The molecule has 0 aromatic heterocycles. The van der Waals surface area contributed by atoms with Crippen LogP contribution in [-0.2, 0) is 4.74 Å². The van der Waals surface area contributed by atoms with E-state index in [1.165, 1.54) is 0 Å². The molecule has 2 N–H and O–H groups in total. The van der Waals surface area contributed by atoms with E-state index in [4.69, 9.17) is 9.84 Å². The van der Waals surface area contributed by atoms with Gasteiger partial charge in [-0.3, -0.25) is 0 Å². The summed E-state index contributed by atoms with van der Waals surface area (Å²) in [6.45, 7) is 2.30. The van der Waals surface area contributed by atoms with E-state index < -0.39 is 5.60 Å². The first kappa shape index (κ1) is 7.98. The maximum Gasteiger partial charge on any atom is 0.0923 e. The molecule has 3 heteroatoms. The van der Waals surface area contributed by atoms with Gasteiger partial charge < -0.3 is 14.9 Å². The summed E-state index contributed by atoms with van der Waals surface area (Å²) in [7, 11) is 0. The highest BCUT2D eigenvalue weighted by Crippen LogP contribution is 2.23. The molecular weight excluding hydrogens is 132 g/mol. The number of ether oxygens (including phenoxy) is 1. The Balaban J connectivity index is 2.45. The van der Waals surface area contributed by atoms with Crippen LogP contribution in [0.25, 0.3) is 0 Å². The highest BCUT2D eigenvalue weighted by atomic mass is 16.5. The number of aliphatic hydroxyl groups is 2. The zero-order valence-electron chi connectivity index (χ0n) is 6.21. The molecule has 3 nitrogen and oxygen atoms in total. The Labute approximate surface area is 60.6 Å². The third-order valence-electron chi connectivity index (χ3n) is 1.93. The zero-order valence-corrected chi connectivity index (χ0v) is 6.21. The average molecular weight is 146 g/mol. The van der Waals surface area contributed by atoms with Crippen molar-refractivity contribution in [2.24, 2.45) is 0 Å². The van der Waals surface area contributed by atoms with Gasteiger partial charge in [0.15, 0.2) is 0 Å². The molecular formula is C7H14O3. The van der Waals surface area contributed by atoms with Crippen LogP contribution >= 0.6 is 0 Å². The third kappa shape index (κ3) is 1.68. The smallest absolute Gasteiger partial charge is 0.0923 e. The minimum absolute atomic E-state index is 0.0749. The summed E-state index contributed by atoms with van der Waals surface area (Å²) in [5, 5.41) is 18.3. The van der Waals surface area contributed by atoms with Gasteiger partial charge in [-0.1, -0.05) is 0 Å². The molecule has 1 aliphatic heterocycles. The van der Waals surface area contributed by atoms with Crippen LogP contribution in [-0.4, -0.2) is 35.1 Å². The van der Waals surface area contributed by atoms with Crippen molar-refractivity contribution >= 4 is 0 Å². The normalized spacial score (nSPS) is 41.7. The van der Waals surface area contributed by atoms with Crippen molar-refractivity contribution in [3.63, 3.8) is 0 Å². The van der Waals surface area contributed by atoms with Crippen molar-refractivity contribution in [1.29, 1.82) is 0 Å². The van der Waals surface area contributed by atoms with Crippen LogP contribution < -0.4 is 0 Å². The molecule has 1 rings (SSSR count). The van der Waals surface area contributed by atoms with Crippen molar-refractivity contribution < 1.29 is 14.9 Å². The molecule has 0 saturated carbocycles. The fourth-order valence-corrected chi connectivity index (χ4v) is 1.29. The molecule has 1 saturated heterocycles. The second kappa shape index (κ2) is 2.86. The minimum atomic E-state index is -0.877. The molecule has 0 bridgehead atoms. The molecule has 0 amide bonds. The van der Waals surface area contributed by atoms with Gasteiger partial charge in [0.05, 0.1) is 18.3 Å². The van der Waals surface area contributed by atoms with E-state index in [0.717, 1.165) is 0 Å². The van der Waals surface area contributed by atoms with Crippen molar-refractivity contribution in [2.45, 2.75) is 31.5 Å². The Hall–Kier alpha value is -0.120. The first-order valence-corrected chi connectivity index (χ1v) is 3.61. The van der Waals surface area contributed by atoms with Crippen LogP contribution in [0, 0.1) is 0 Å². The number of hydrogen-bond acceptors (Lipinski definition) is 3. The van der Waals surface area contributed by atoms with Crippen LogP contribution in [0.1, 0.15) is 19.8 Å². The van der Waals surface area contributed by atoms with Gasteiger partial charge in [-0.15, -0.1) is 0 Å². The number of hydrogen-bond donors (Lipinski definition) is 2. The summed E-state index contributed by atoms with van der Waals surface area (Å²) in [6.07, 6.45) is 1.17. The molecule has 1 heterocycles.